The van der Waals surface area contributed by atoms with Gasteiger partial charge in [-0.15, -0.1) is 0 Å². The van der Waals surface area contributed by atoms with Crippen molar-refractivity contribution in [3.63, 3.8) is 0 Å². The first-order chi connectivity index (χ1) is 5.33. The Labute approximate surface area is 72.7 Å². The van der Waals surface area contributed by atoms with Gasteiger partial charge in [-0.05, 0) is 27.2 Å². The van der Waals surface area contributed by atoms with Crippen molar-refractivity contribution in [3.05, 3.63) is 0 Å². The normalized spacial score (nSPS) is 14.3. The molecule has 1 atom stereocenters. The van der Waals surface area contributed by atoms with E-state index in [-0.39, 0.29) is 5.60 Å². The molecular formula is C8H17NO3. The van der Waals surface area contributed by atoms with Gasteiger partial charge < -0.3 is 15.6 Å². The Morgan fingerprint density at radius 1 is 1.58 bits per heavy atom. The van der Waals surface area contributed by atoms with Gasteiger partial charge in [0.25, 0.3) is 0 Å². The summed E-state index contributed by atoms with van der Waals surface area (Å²) in [6, 6.07) is -0.813. The standard InChI is InChI=1S/C8H17NO3/c1-8(2,3)12-5-4-6(9)7(10)11/h6H,4-5,9H2,1-3H3,(H,10,11)/t6-/m0/s1. The highest BCUT2D eigenvalue weighted by Crippen LogP contribution is 2.07. The number of carboxylic acid groups (broad SMARTS) is 1. The van der Waals surface area contributed by atoms with Crippen molar-refractivity contribution in [2.45, 2.75) is 38.8 Å². The molecular weight excluding hydrogens is 158 g/mol. The first-order valence-corrected chi connectivity index (χ1v) is 3.95. The fraction of sp³-hybridized carbons (Fsp3) is 0.875. The van der Waals surface area contributed by atoms with E-state index >= 15 is 0 Å². The molecule has 0 saturated carbocycles. The SMILES string of the molecule is CC(C)(C)OCC[C@H](N)C(=O)O. The minimum atomic E-state index is -0.979. The molecule has 4 heteroatoms. The predicted octanol–water partition coefficient (Wildman–Crippen LogP) is 0.603. The molecule has 0 aromatic rings. The van der Waals surface area contributed by atoms with E-state index in [9.17, 15) is 4.79 Å². The molecule has 72 valence electrons. The molecule has 0 amide bonds. The first kappa shape index (κ1) is 11.4. The molecule has 0 aliphatic rings. The lowest BCUT2D eigenvalue weighted by molar-refractivity contribution is -0.139. The highest BCUT2D eigenvalue weighted by atomic mass is 16.5. The van der Waals surface area contributed by atoms with E-state index in [1.807, 2.05) is 20.8 Å². The van der Waals surface area contributed by atoms with E-state index in [0.717, 1.165) is 0 Å². The van der Waals surface area contributed by atoms with Gasteiger partial charge in [0.15, 0.2) is 0 Å². The van der Waals surface area contributed by atoms with Crippen LogP contribution in [0.3, 0.4) is 0 Å². The van der Waals surface area contributed by atoms with Crippen LogP contribution in [0.2, 0.25) is 0 Å². The summed E-state index contributed by atoms with van der Waals surface area (Å²) in [5.74, 6) is -0.979. The van der Waals surface area contributed by atoms with Gasteiger partial charge in [-0.2, -0.15) is 0 Å². The Morgan fingerprint density at radius 2 is 2.08 bits per heavy atom. The van der Waals surface area contributed by atoms with Gasteiger partial charge in [0.1, 0.15) is 6.04 Å². The zero-order chi connectivity index (χ0) is 9.78. The lowest BCUT2D eigenvalue weighted by Crippen LogP contribution is -2.32. The molecule has 0 aliphatic heterocycles. The van der Waals surface area contributed by atoms with Gasteiger partial charge in [0.2, 0.25) is 0 Å². The zero-order valence-corrected chi connectivity index (χ0v) is 7.83. The Kier molecular flexibility index (Phi) is 4.20. The second-order valence-corrected chi connectivity index (χ2v) is 3.69. The van der Waals surface area contributed by atoms with Crippen molar-refractivity contribution >= 4 is 5.97 Å². The van der Waals surface area contributed by atoms with Gasteiger partial charge >= 0.3 is 5.97 Å². The van der Waals surface area contributed by atoms with Crippen LogP contribution in [0.5, 0.6) is 0 Å². The smallest absolute Gasteiger partial charge is 0.320 e. The molecule has 0 rings (SSSR count). The Bertz CT molecular complexity index is 151. The van der Waals surface area contributed by atoms with Crippen LogP contribution in [0, 0.1) is 0 Å². The van der Waals surface area contributed by atoms with E-state index in [2.05, 4.69) is 0 Å². The lowest BCUT2D eigenvalue weighted by atomic mass is 10.2. The zero-order valence-electron chi connectivity index (χ0n) is 7.83. The summed E-state index contributed by atoms with van der Waals surface area (Å²) in [4.78, 5) is 10.3. The van der Waals surface area contributed by atoms with Gasteiger partial charge in [0.05, 0.1) is 5.60 Å². The largest absolute Gasteiger partial charge is 0.480 e. The summed E-state index contributed by atoms with van der Waals surface area (Å²) in [6.45, 7) is 6.13. The summed E-state index contributed by atoms with van der Waals surface area (Å²) >= 11 is 0. The monoisotopic (exact) mass is 175 g/mol. The molecule has 0 aromatic heterocycles. The van der Waals surface area contributed by atoms with E-state index in [4.69, 9.17) is 15.6 Å². The van der Waals surface area contributed by atoms with Crippen LogP contribution in [-0.2, 0) is 9.53 Å². The van der Waals surface area contributed by atoms with Crippen LogP contribution in [0.1, 0.15) is 27.2 Å². The van der Waals surface area contributed by atoms with Crippen molar-refractivity contribution in [1.29, 1.82) is 0 Å². The van der Waals surface area contributed by atoms with Crippen LogP contribution in [0.25, 0.3) is 0 Å². The molecule has 0 bridgehead atoms. The molecule has 3 N–H and O–H groups in total. The summed E-state index contributed by atoms with van der Waals surface area (Å²) < 4.78 is 5.31. The molecule has 0 saturated heterocycles. The Hall–Kier alpha value is -0.610. The second-order valence-electron chi connectivity index (χ2n) is 3.69. The maximum absolute atomic E-state index is 10.3. The molecule has 0 unspecified atom stereocenters. The quantitative estimate of drug-likeness (QED) is 0.656. The number of hydrogen-bond acceptors (Lipinski definition) is 3. The minimum Gasteiger partial charge on any atom is -0.480 e. The van der Waals surface area contributed by atoms with E-state index < -0.39 is 12.0 Å². The first-order valence-electron chi connectivity index (χ1n) is 3.95. The Balaban J connectivity index is 3.51. The summed E-state index contributed by atoms with van der Waals surface area (Å²) in [6.07, 6.45) is 0.354. The van der Waals surface area contributed by atoms with Crippen LogP contribution in [-0.4, -0.2) is 29.3 Å². The molecule has 0 aromatic carbocycles. The van der Waals surface area contributed by atoms with Crippen LogP contribution >= 0.6 is 0 Å². The van der Waals surface area contributed by atoms with Crippen molar-refractivity contribution < 1.29 is 14.6 Å². The summed E-state index contributed by atoms with van der Waals surface area (Å²) in [5.41, 5.74) is 5.04. The van der Waals surface area contributed by atoms with Crippen LogP contribution in [0.4, 0.5) is 0 Å². The van der Waals surface area contributed by atoms with Crippen LogP contribution in [0.15, 0.2) is 0 Å². The second kappa shape index (κ2) is 4.42. The molecule has 0 aliphatic carbocycles. The number of hydrogen-bond donors (Lipinski definition) is 2. The maximum atomic E-state index is 10.3. The van der Waals surface area contributed by atoms with Gasteiger partial charge in [0, 0.05) is 6.61 Å². The number of aliphatic carboxylic acids is 1. The maximum Gasteiger partial charge on any atom is 0.320 e. The van der Waals surface area contributed by atoms with Gasteiger partial charge in [-0.1, -0.05) is 0 Å². The summed E-state index contributed by atoms with van der Waals surface area (Å²) in [7, 11) is 0. The fourth-order valence-electron chi connectivity index (χ4n) is 0.616. The summed E-state index contributed by atoms with van der Waals surface area (Å²) in [5, 5.41) is 8.43. The van der Waals surface area contributed by atoms with Crippen molar-refractivity contribution in [2.75, 3.05) is 6.61 Å². The Morgan fingerprint density at radius 3 is 2.42 bits per heavy atom. The average molecular weight is 175 g/mol. The molecule has 0 fully saturated rings. The molecule has 0 heterocycles. The fourth-order valence-corrected chi connectivity index (χ4v) is 0.616. The third-order valence-electron chi connectivity index (χ3n) is 1.28. The molecule has 4 nitrogen and oxygen atoms in total. The minimum absolute atomic E-state index is 0.224. The third-order valence-corrected chi connectivity index (χ3v) is 1.28. The predicted molar refractivity (Wildman–Crippen MR) is 45.9 cm³/mol. The van der Waals surface area contributed by atoms with Crippen molar-refractivity contribution in [1.82, 2.24) is 0 Å². The highest BCUT2D eigenvalue weighted by Gasteiger charge is 2.14. The molecule has 12 heavy (non-hydrogen) atoms. The molecule has 0 radical (unpaired) electrons. The average Bonchev–Trinajstić information content (AvgIpc) is 1.84. The van der Waals surface area contributed by atoms with E-state index in [1.165, 1.54) is 0 Å². The topological polar surface area (TPSA) is 72.5 Å². The van der Waals surface area contributed by atoms with Crippen molar-refractivity contribution in [3.8, 4) is 0 Å². The molecule has 0 spiro atoms. The van der Waals surface area contributed by atoms with Gasteiger partial charge in [-0.25, -0.2) is 0 Å². The number of ether oxygens (including phenoxy) is 1. The number of rotatable bonds is 4. The number of carboxylic acids is 1. The van der Waals surface area contributed by atoms with Crippen LogP contribution < -0.4 is 5.73 Å². The van der Waals surface area contributed by atoms with E-state index in [1.54, 1.807) is 0 Å². The third kappa shape index (κ3) is 6.12. The highest BCUT2D eigenvalue weighted by molar-refractivity contribution is 5.72. The number of carbonyl (C=O) groups is 1. The number of nitrogens with two attached hydrogens (primary N) is 1. The van der Waals surface area contributed by atoms with Gasteiger partial charge in [-0.3, -0.25) is 4.79 Å². The lowest BCUT2D eigenvalue weighted by Gasteiger charge is -2.19. The van der Waals surface area contributed by atoms with E-state index in [0.29, 0.717) is 13.0 Å². The van der Waals surface area contributed by atoms with Crippen molar-refractivity contribution in [2.24, 2.45) is 5.73 Å².